The van der Waals surface area contributed by atoms with Gasteiger partial charge in [-0.3, -0.25) is 4.98 Å². The van der Waals surface area contributed by atoms with Crippen LogP contribution in [0.1, 0.15) is 24.8 Å². The molecule has 0 saturated carbocycles. The average molecular weight is 458 g/mol. The zero-order valence-corrected chi connectivity index (χ0v) is 19.3. The van der Waals surface area contributed by atoms with Crippen LogP contribution in [0.5, 0.6) is 0 Å². The molecule has 3 nitrogen and oxygen atoms in total. The third-order valence-corrected chi connectivity index (χ3v) is 7.96. The Hall–Kier alpha value is -1.60. The minimum Gasteiger partial charge on any atom is -0.319 e. The lowest BCUT2D eigenvalue weighted by Gasteiger charge is -2.22. The molecule has 1 aliphatic heterocycles. The van der Waals surface area contributed by atoms with Gasteiger partial charge >= 0.3 is 0 Å². The molecule has 0 radical (unpaired) electrons. The number of halogens is 1. The molecule has 0 fully saturated rings. The van der Waals surface area contributed by atoms with Gasteiger partial charge in [0, 0.05) is 33.1 Å². The zero-order chi connectivity index (χ0) is 20.2. The van der Waals surface area contributed by atoms with Gasteiger partial charge < -0.3 is 4.90 Å². The van der Waals surface area contributed by atoms with Crippen molar-refractivity contribution in [3.8, 4) is 0 Å². The molecule has 1 aliphatic rings. The van der Waals surface area contributed by atoms with Crippen molar-refractivity contribution in [1.29, 1.82) is 0 Å². The fourth-order valence-corrected chi connectivity index (χ4v) is 6.12. The molecule has 0 amide bonds. The second kappa shape index (κ2) is 9.47. The standard InChI is InChI=1S/C22H20ClN3S3/c1-15-13-27-14-26(15)22-21(29-20-9-4-3-7-18(20)23)11-17(12-25-22)28-16(2)19-8-5-6-10-24-19/h3-13,16H,14H2,1-2H3. The highest BCUT2D eigenvalue weighted by atomic mass is 35.5. The van der Waals surface area contributed by atoms with Gasteiger partial charge in [0.05, 0.1) is 21.5 Å². The Kier molecular flexibility index (Phi) is 6.75. The van der Waals surface area contributed by atoms with Gasteiger partial charge in [-0.15, -0.1) is 23.5 Å². The van der Waals surface area contributed by atoms with E-state index in [-0.39, 0.29) is 5.25 Å². The summed E-state index contributed by atoms with van der Waals surface area (Å²) in [6.07, 6.45) is 3.80. The second-order valence-electron chi connectivity index (χ2n) is 6.52. The Balaban J connectivity index is 1.66. The van der Waals surface area contributed by atoms with Gasteiger partial charge in [0.25, 0.3) is 0 Å². The van der Waals surface area contributed by atoms with Crippen LogP contribution in [0.15, 0.2) is 86.7 Å². The molecule has 1 aromatic carbocycles. The molecule has 0 N–H and O–H groups in total. The Bertz CT molecular complexity index is 1030. The first kappa shape index (κ1) is 20.7. The van der Waals surface area contributed by atoms with Crippen LogP contribution in [0, 0.1) is 0 Å². The number of allylic oxidation sites excluding steroid dienone is 1. The summed E-state index contributed by atoms with van der Waals surface area (Å²) in [6, 6.07) is 16.2. The summed E-state index contributed by atoms with van der Waals surface area (Å²) in [5, 5.41) is 3.18. The second-order valence-corrected chi connectivity index (χ2v) is 10.3. The van der Waals surface area contributed by atoms with Crippen molar-refractivity contribution >= 4 is 52.7 Å². The number of nitrogens with zero attached hydrogens (tertiary/aromatic N) is 3. The van der Waals surface area contributed by atoms with Gasteiger partial charge in [0.1, 0.15) is 5.82 Å². The highest BCUT2D eigenvalue weighted by Gasteiger charge is 2.21. The van der Waals surface area contributed by atoms with E-state index in [0.717, 1.165) is 37.1 Å². The van der Waals surface area contributed by atoms with Gasteiger partial charge in [-0.2, -0.15) is 0 Å². The molecule has 0 bridgehead atoms. The normalized spacial score (nSPS) is 14.7. The van der Waals surface area contributed by atoms with Crippen molar-refractivity contribution in [3.05, 3.63) is 82.7 Å². The highest BCUT2D eigenvalue weighted by molar-refractivity contribution is 8.02. The van der Waals surface area contributed by atoms with E-state index in [1.807, 2.05) is 42.7 Å². The summed E-state index contributed by atoms with van der Waals surface area (Å²) in [7, 11) is 0. The number of hydrogen-bond donors (Lipinski definition) is 0. The van der Waals surface area contributed by atoms with Crippen LogP contribution < -0.4 is 4.90 Å². The van der Waals surface area contributed by atoms with Gasteiger partial charge in [0.15, 0.2) is 0 Å². The van der Waals surface area contributed by atoms with E-state index in [9.17, 15) is 0 Å². The smallest absolute Gasteiger partial charge is 0.147 e. The Labute approximate surface area is 189 Å². The minimum absolute atomic E-state index is 0.242. The molecular formula is C22H20ClN3S3. The lowest BCUT2D eigenvalue weighted by Crippen LogP contribution is -2.18. The summed E-state index contributed by atoms with van der Waals surface area (Å²) in [5.41, 5.74) is 2.28. The van der Waals surface area contributed by atoms with Gasteiger partial charge in [-0.05, 0) is 49.6 Å². The van der Waals surface area contributed by atoms with Crippen molar-refractivity contribution < 1.29 is 0 Å². The molecule has 0 aliphatic carbocycles. The number of pyridine rings is 2. The summed E-state index contributed by atoms with van der Waals surface area (Å²) in [6.45, 7) is 4.29. The number of benzene rings is 1. The van der Waals surface area contributed by atoms with E-state index >= 15 is 0 Å². The lowest BCUT2D eigenvalue weighted by atomic mass is 10.3. The molecule has 148 valence electrons. The van der Waals surface area contributed by atoms with Crippen molar-refractivity contribution in [1.82, 2.24) is 9.97 Å². The summed E-state index contributed by atoms with van der Waals surface area (Å²) in [4.78, 5) is 14.8. The number of aromatic nitrogens is 2. The van der Waals surface area contributed by atoms with Crippen LogP contribution in [0.25, 0.3) is 0 Å². The molecule has 4 rings (SSSR count). The zero-order valence-electron chi connectivity index (χ0n) is 16.1. The lowest BCUT2D eigenvalue weighted by molar-refractivity contribution is 0.980. The van der Waals surface area contributed by atoms with Crippen LogP contribution in [-0.2, 0) is 0 Å². The van der Waals surface area contributed by atoms with Gasteiger partial charge in [0.2, 0.25) is 0 Å². The molecule has 3 aromatic rings. The molecule has 29 heavy (non-hydrogen) atoms. The predicted molar refractivity (Wildman–Crippen MR) is 127 cm³/mol. The molecule has 1 atom stereocenters. The van der Waals surface area contributed by atoms with E-state index in [2.05, 4.69) is 47.3 Å². The van der Waals surface area contributed by atoms with Crippen LogP contribution in [0.3, 0.4) is 0 Å². The van der Waals surface area contributed by atoms with Crippen molar-refractivity contribution in [3.63, 3.8) is 0 Å². The van der Waals surface area contributed by atoms with Gasteiger partial charge in [-0.25, -0.2) is 4.98 Å². The SMILES string of the molecule is CC1=CSCN1c1ncc(SC(C)c2ccccn2)cc1Sc1ccccc1Cl. The maximum Gasteiger partial charge on any atom is 0.147 e. The summed E-state index contributed by atoms with van der Waals surface area (Å²) < 4.78 is 0. The third-order valence-electron chi connectivity index (χ3n) is 4.42. The fraction of sp³-hybridized carbons (Fsp3) is 0.182. The Morgan fingerprint density at radius 1 is 1.10 bits per heavy atom. The summed E-state index contributed by atoms with van der Waals surface area (Å²) in [5.74, 6) is 1.86. The molecular weight excluding hydrogens is 438 g/mol. The topological polar surface area (TPSA) is 29.0 Å². The number of thioether (sulfide) groups is 2. The highest BCUT2D eigenvalue weighted by Crippen LogP contribution is 2.43. The molecule has 1 unspecified atom stereocenters. The largest absolute Gasteiger partial charge is 0.319 e. The quantitative estimate of drug-likeness (QED) is 0.356. The van der Waals surface area contributed by atoms with Crippen LogP contribution in [-0.4, -0.2) is 15.8 Å². The molecule has 3 heterocycles. The Morgan fingerprint density at radius 2 is 1.93 bits per heavy atom. The van der Waals surface area contributed by atoms with E-state index in [4.69, 9.17) is 16.6 Å². The molecule has 7 heteroatoms. The minimum atomic E-state index is 0.242. The first-order valence-corrected chi connectivity index (χ1v) is 12.3. The van der Waals surface area contributed by atoms with E-state index in [0.29, 0.717) is 0 Å². The monoisotopic (exact) mass is 457 g/mol. The number of anilines is 1. The first-order valence-electron chi connectivity index (χ1n) is 9.18. The molecule has 2 aromatic heterocycles. The van der Waals surface area contributed by atoms with Crippen molar-refractivity contribution in [2.24, 2.45) is 0 Å². The van der Waals surface area contributed by atoms with Gasteiger partial charge in [-0.1, -0.05) is 41.6 Å². The van der Waals surface area contributed by atoms with E-state index < -0.39 is 0 Å². The fourth-order valence-electron chi connectivity index (χ4n) is 2.91. The van der Waals surface area contributed by atoms with Crippen LogP contribution in [0.2, 0.25) is 5.02 Å². The van der Waals surface area contributed by atoms with Crippen LogP contribution >= 0.6 is 46.9 Å². The Morgan fingerprint density at radius 3 is 2.66 bits per heavy atom. The maximum atomic E-state index is 6.44. The maximum absolute atomic E-state index is 6.44. The molecule has 0 saturated heterocycles. The first-order chi connectivity index (χ1) is 14.1. The van der Waals surface area contributed by atoms with E-state index in [1.54, 1.807) is 35.3 Å². The van der Waals surface area contributed by atoms with Crippen LogP contribution in [0.4, 0.5) is 5.82 Å². The van der Waals surface area contributed by atoms with E-state index in [1.165, 1.54) is 5.70 Å². The predicted octanol–water partition coefficient (Wildman–Crippen LogP) is 7.51. The molecule has 0 spiro atoms. The van der Waals surface area contributed by atoms with Crippen molar-refractivity contribution in [2.75, 3.05) is 10.8 Å². The average Bonchev–Trinajstić information content (AvgIpc) is 3.16. The third kappa shape index (κ3) is 4.94. The summed E-state index contributed by atoms with van der Waals surface area (Å²) >= 11 is 11.7. The van der Waals surface area contributed by atoms with Crippen molar-refractivity contribution in [2.45, 2.75) is 33.8 Å². The number of rotatable bonds is 6. The number of hydrogen-bond acceptors (Lipinski definition) is 6.